The van der Waals surface area contributed by atoms with Crippen LogP contribution >= 0.6 is 0 Å². The van der Waals surface area contributed by atoms with E-state index in [0.717, 1.165) is 19.0 Å². The van der Waals surface area contributed by atoms with E-state index in [0.29, 0.717) is 18.5 Å². The number of nitrogens with one attached hydrogen (secondary N) is 2. The molecular formula is C14H28N4O. The lowest BCUT2D eigenvalue weighted by molar-refractivity contribution is -0.123. The molecule has 1 rings (SSSR count). The molecule has 0 aliphatic carbocycles. The molecule has 0 unspecified atom stereocenters. The van der Waals surface area contributed by atoms with Gasteiger partial charge in [-0.25, -0.2) is 0 Å². The Bertz CT molecular complexity index is 336. The molecule has 5 heteroatoms. The summed E-state index contributed by atoms with van der Waals surface area (Å²) in [6, 6.07) is 0. The first kappa shape index (κ1) is 15.8. The fourth-order valence-corrected chi connectivity index (χ4v) is 2.19. The van der Waals surface area contributed by atoms with E-state index < -0.39 is 0 Å². The monoisotopic (exact) mass is 268 g/mol. The van der Waals surface area contributed by atoms with Crippen molar-refractivity contribution in [3.8, 4) is 0 Å². The van der Waals surface area contributed by atoms with Crippen LogP contribution in [0.15, 0.2) is 4.99 Å². The Morgan fingerprint density at radius 2 is 1.95 bits per heavy atom. The average molecular weight is 268 g/mol. The lowest BCUT2D eigenvalue weighted by Crippen LogP contribution is -2.44. The van der Waals surface area contributed by atoms with Gasteiger partial charge in [-0.05, 0) is 11.8 Å². The highest BCUT2D eigenvalue weighted by Gasteiger charge is 2.30. The molecule has 0 aromatic heterocycles. The van der Waals surface area contributed by atoms with Crippen LogP contribution in [0.25, 0.3) is 0 Å². The first-order chi connectivity index (χ1) is 8.85. The van der Waals surface area contributed by atoms with Gasteiger partial charge in [0.1, 0.15) is 0 Å². The normalized spacial score (nSPS) is 18.8. The summed E-state index contributed by atoms with van der Waals surface area (Å²) in [7, 11) is 1.81. The Labute approximate surface area is 116 Å². The van der Waals surface area contributed by atoms with Gasteiger partial charge in [-0.1, -0.05) is 27.7 Å². The predicted octanol–water partition coefficient (Wildman–Crippen LogP) is 1.07. The highest BCUT2D eigenvalue weighted by molar-refractivity contribution is 5.80. The quantitative estimate of drug-likeness (QED) is 0.455. The number of likely N-dealkylation sites (tertiary alicyclic amines) is 1. The molecule has 0 bridgehead atoms. The third kappa shape index (κ3) is 5.09. The summed E-state index contributed by atoms with van der Waals surface area (Å²) in [5.41, 5.74) is 0.365. The zero-order valence-electron chi connectivity index (χ0n) is 12.9. The van der Waals surface area contributed by atoms with Gasteiger partial charge >= 0.3 is 0 Å². The van der Waals surface area contributed by atoms with Gasteiger partial charge in [0.15, 0.2) is 5.96 Å². The van der Waals surface area contributed by atoms with Gasteiger partial charge in [0, 0.05) is 39.1 Å². The predicted molar refractivity (Wildman–Crippen MR) is 79.2 cm³/mol. The van der Waals surface area contributed by atoms with Crippen LogP contribution in [-0.2, 0) is 4.79 Å². The minimum absolute atomic E-state index is 0.0405. The van der Waals surface area contributed by atoms with Crippen LogP contribution in [0.1, 0.15) is 34.1 Å². The summed E-state index contributed by atoms with van der Waals surface area (Å²) >= 11 is 0. The number of rotatable bonds is 4. The van der Waals surface area contributed by atoms with Crippen LogP contribution in [-0.4, -0.2) is 50.0 Å². The molecule has 1 fully saturated rings. The Kier molecular flexibility index (Phi) is 5.63. The summed E-state index contributed by atoms with van der Waals surface area (Å²) in [4.78, 5) is 18.0. The highest BCUT2D eigenvalue weighted by Crippen LogP contribution is 2.28. The second-order valence-electron chi connectivity index (χ2n) is 6.26. The van der Waals surface area contributed by atoms with Gasteiger partial charge in [-0.3, -0.25) is 9.79 Å². The first-order valence-corrected chi connectivity index (χ1v) is 7.09. The second kappa shape index (κ2) is 6.78. The van der Waals surface area contributed by atoms with E-state index in [-0.39, 0.29) is 11.8 Å². The number of nitrogens with zero attached hydrogens (tertiary/aromatic N) is 2. The van der Waals surface area contributed by atoms with Gasteiger partial charge < -0.3 is 15.5 Å². The standard InChI is InChI=1S/C14H28N4O/c1-11(2)12(19)16-7-8-17-13(15-5)18-9-6-14(3,4)10-18/h11H,6-10H2,1-5H3,(H,15,17)(H,16,19). The van der Waals surface area contributed by atoms with Crippen LogP contribution < -0.4 is 10.6 Å². The summed E-state index contributed by atoms with van der Waals surface area (Å²) in [5.74, 6) is 1.07. The van der Waals surface area contributed by atoms with Crippen LogP contribution in [0.5, 0.6) is 0 Å². The zero-order chi connectivity index (χ0) is 14.5. The molecule has 1 saturated heterocycles. The fourth-order valence-electron chi connectivity index (χ4n) is 2.19. The van der Waals surface area contributed by atoms with Crippen molar-refractivity contribution in [1.29, 1.82) is 0 Å². The summed E-state index contributed by atoms with van der Waals surface area (Å²) in [6.45, 7) is 11.8. The van der Waals surface area contributed by atoms with E-state index >= 15 is 0 Å². The molecule has 0 spiro atoms. The Morgan fingerprint density at radius 3 is 2.42 bits per heavy atom. The molecule has 19 heavy (non-hydrogen) atoms. The minimum atomic E-state index is 0.0405. The number of aliphatic imine (C=N–C) groups is 1. The molecule has 1 amide bonds. The average Bonchev–Trinajstić information content (AvgIpc) is 2.69. The summed E-state index contributed by atoms with van der Waals surface area (Å²) < 4.78 is 0. The maximum absolute atomic E-state index is 11.4. The molecule has 0 aromatic carbocycles. The van der Waals surface area contributed by atoms with E-state index in [1.807, 2.05) is 13.8 Å². The van der Waals surface area contributed by atoms with Crippen LogP contribution in [0.4, 0.5) is 0 Å². The van der Waals surface area contributed by atoms with Crippen LogP contribution in [0.3, 0.4) is 0 Å². The lowest BCUT2D eigenvalue weighted by atomic mass is 9.93. The van der Waals surface area contributed by atoms with E-state index in [1.54, 1.807) is 7.05 Å². The van der Waals surface area contributed by atoms with Crippen molar-refractivity contribution in [1.82, 2.24) is 15.5 Å². The molecule has 1 aliphatic heterocycles. The first-order valence-electron chi connectivity index (χ1n) is 7.09. The molecule has 0 aromatic rings. The Hall–Kier alpha value is -1.26. The third-order valence-corrected chi connectivity index (χ3v) is 3.42. The topological polar surface area (TPSA) is 56.7 Å². The summed E-state index contributed by atoms with van der Waals surface area (Å²) in [5, 5.41) is 6.20. The van der Waals surface area contributed by atoms with Gasteiger partial charge in [-0.15, -0.1) is 0 Å². The van der Waals surface area contributed by atoms with Crippen molar-refractivity contribution < 1.29 is 4.79 Å². The molecule has 2 N–H and O–H groups in total. The summed E-state index contributed by atoms with van der Waals surface area (Å²) in [6.07, 6.45) is 1.19. The van der Waals surface area contributed by atoms with Gasteiger partial charge in [-0.2, -0.15) is 0 Å². The van der Waals surface area contributed by atoms with Crippen molar-refractivity contribution in [3.63, 3.8) is 0 Å². The van der Waals surface area contributed by atoms with Crippen molar-refractivity contribution in [3.05, 3.63) is 0 Å². The molecule has 1 heterocycles. The Morgan fingerprint density at radius 1 is 1.32 bits per heavy atom. The van der Waals surface area contributed by atoms with Crippen LogP contribution in [0.2, 0.25) is 0 Å². The SMILES string of the molecule is CN=C(NCCNC(=O)C(C)C)N1CCC(C)(C)C1. The van der Waals surface area contributed by atoms with Gasteiger partial charge in [0.2, 0.25) is 5.91 Å². The number of hydrogen-bond acceptors (Lipinski definition) is 2. The van der Waals surface area contributed by atoms with Crippen molar-refractivity contribution in [2.45, 2.75) is 34.1 Å². The van der Waals surface area contributed by atoms with Gasteiger partial charge in [0.05, 0.1) is 0 Å². The third-order valence-electron chi connectivity index (χ3n) is 3.42. The molecule has 110 valence electrons. The fraction of sp³-hybridized carbons (Fsp3) is 0.857. The smallest absolute Gasteiger partial charge is 0.222 e. The number of carbonyl (C=O) groups is 1. The zero-order valence-corrected chi connectivity index (χ0v) is 12.9. The van der Waals surface area contributed by atoms with Crippen molar-refractivity contribution >= 4 is 11.9 Å². The Balaban J connectivity index is 2.29. The lowest BCUT2D eigenvalue weighted by Gasteiger charge is -2.23. The van der Waals surface area contributed by atoms with Crippen molar-refractivity contribution in [2.24, 2.45) is 16.3 Å². The largest absolute Gasteiger partial charge is 0.354 e. The maximum atomic E-state index is 11.4. The number of carbonyl (C=O) groups excluding carboxylic acids is 1. The molecule has 0 radical (unpaired) electrons. The molecular weight excluding hydrogens is 240 g/mol. The second-order valence-corrected chi connectivity index (χ2v) is 6.26. The highest BCUT2D eigenvalue weighted by atomic mass is 16.1. The van der Waals surface area contributed by atoms with E-state index in [4.69, 9.17) is 0 Å². The number of amides is 1. The van der Waals surface area contributed by atoms with E-state index in [9.17, 15) is 4.79 Å². The van der Waals surface area contributed by atoms with E-state index in [2.05, 4.69) is 34.4 Å². The van der Waals surface area contributed by atoms with Gasteiger partial charge in [0.25, 0.3) is 0 Å². The number of hydrogen-bond donors (Lipinski definition) is 2. The molecule has 5 nitrogen and oxygen atoms in total. The van der Waals surface area contributed by atoms with Crippen molar-refractivity contribution in [2.75, 3.05) is 33.2 Å². The number of guanidine groups is 1. The molecule has 0 saturated carbocycles. The molecule has 1 aliphatic rings. The van der Waals surface area contributed by atoms with E-state index in [1.165, 1.54) is 6.42 Å². The minimum Gasteiger partial charge on any atom is -0.354 e. The molecule has 0 atom stereocenters. The van der Waals surface area contributed by atoms with Crippen LogP contribution in [0, 0.1) is 11.3 Å². The maximum Gasteiger partial charge on any atom is 0.222 e.